The minimum absolute atomic E-state index is 0.0107. The molecular weight excluding hydrogens is 268 g/mol. The van der Waals surface area contributed by atoms with Gasteiger partial charge < -0.3 is 9.47 Å². The van der Waals surface area contributed by atoms with Gasteiger partial charge in [0, 0.05) is 29.7 Å². The Morgan fingerprint density at radius 3 is 2.38 bits per heavy atom. The summed E-state index contributed by atoms with van der Waals surface area (Å²) in [5.41, 5.74) is 1.36. The maximum Gasteiger partial charge on any atom is 0.308 e. The molecule has 0 unspecified atom stereocenters. The number of hydrogen-bond donors (Lipinski definition) is 0. The number of Topliss-reactive ketones (excluding diaryl/α,β-unsaturated/α-hetero) is 1. The van der Waals surface area contributed by atoms with Crippen LogP contribution >= 0.6 is 0 Å². The Kier molecular flexibility index (Phi) is 3.37. The van der Waals surface area contributed by atoms with E-state index in [0.717, 1.165) is 29.2 Å². The van der Waals surface area contributed by atoms with Crippen LogP contribution in [0.25, 0.3) is 10.8 Å². The van der Waals surface area contributed by atoms with Crippen LogP contribution in [0.15, 0.2) is 24.3 Å². The Bertz CT molecular complexity index is 746. The lowest BCUT2D eigenvalue weighted by Crippen LogP contribution is -2.16. The van der Waals surface area contributed by atoms with Crippen LogP contribution < -0.4 is 9.47 Å². The first-order chi connectivity index (χ1) is 10.1. The second-order valence-electron chi connectivity index (χ2n) is 5.13. The quantitative estimate of drug-likeness (QED) is 0.627. The zero-order chi connectivity index (χ0) is 15.0. The molecule has 4 nitrogen and oxygen atoms in total. The summed E-state index contributed by atoms with van der Waals surface area (Å²) in [6.07, 6.45) is 2.02. The number of rotatable bonds is 2. The summed E-state index contributed by atoms with van der Waals surface area (Å²) in [7, 11) is 1.60. The first-order valence-electron chi connectivity index (χ1n) is 6.96. The Labute approximate surface area is 122 Å². The van der Waals surface area contributed by atoms with Crippen LogP contribution in [-0.4, -0.2) is 18.9 Å². The van der Waals surface area contributed by atoms with Gasteiger partial charge in [-0.2, -0.15) is 0 Å². The molecule has 0 bridgehead atoms. The summed E-state index contributed by atoms with van der Waals surface area (Å²) >= 11 is 0. The highest BCUT2D eigenvalue weighted by molar-refractivity contribution is 6.10. The van der Waals surface area contributed by atoms with E-state index >= 15 is 0 Å². The summed E-state index contributed by atoms with van der Waals surface area (Å²) < 4.78 is 10.9. The van der Waals surface area contributed by atoms with Crippen LogP contribution in [0, 0.1) is 0 Å². The molecule has 0 aromatic heterocycles. The molecule has 0 amide bonds. The van der Waals surface area contributed by atoms with Crippen molar-refractivity contribution in [1.82, 2.24) is 0 Å². The molecule has 0 fully saturated rings. The highest BCUT2D eigenvalue weighted by atomic mass is 16.5. The standard InChI is InChI=1S/C17H16O4/c1-10(18)21-17-12-7-4-3-6-11(12)16(20-2)13-8-5-9-14(19)15(13)17/h3-4,6-7H,5,8-9H2,1-2H3. The number of ether oxygens (including phenoxy) is 2. The molecule has 4 heteroatoms. The summed E-state index contributed by atoms with van der Waals surface area (Å²) in [6.45, 7) is 1.35. The number of methoxy groups -OCH3 is 1. The van der Waals surface area contributed by atoms with E-state index in [1.54, 1.807) is 7.11 Å². The number of fused-ring (bicyclic) bond motifs is 2. The molecule has 0 aliphatic heterocycles. The molecule has 2 aromatic carbocycles. The van der Waals surface area contributed by atoms with Crippen molar-refractivity contribution in [3.8, 4) is 11.5 Å². The number of benzene rings is 2. The Morgan fingerprint density at radius 2 is 1.76 bits per heavy atom. The molecule has 0 saturated heterocycles. The van der Waals surface area contributed by atoms with E-state index in [1.165, 1.54) is 6.92 Å². The SMILES string of the molecule is COc1c2c(c(OC(C)=O)c3ccccc13)C(=O)CCC2. The molecule has 108 valence electrons. The average Bonchev–Trinajstić information content (AvgIpc) is 2.47. The minimum atomic E-state index is -0.425. The van der Waals surface area contributed by atoms with E-state index < -0.39 is 5.97 Å². The predicted octanol–water partition coefficient (Wildman–Crippen LogP) is 3.29. The Morgan fingerprint density at radius 1 is 1.10 bits per heavy atom. The minimum Gasteiger partial charge on any atom is -0.496 e. The van der Waals surface area contributed by atoms with Gasteiger partial charge in [-0.05, 0) is 12.8 Å². The third-order valence-corrected chi connectivity index (χ3v) is 3.78. The molecule has 0 spiro atoms. The van der Waals surface area contributed by atoms with Crippen molar-refractivity contribution < 1.29 is 19.1 Å². The normalized spacial score (nSPS) is 13.9. The third kappa shape index (κ3) is 2.17. The van der Waals surface area contributed by atoms with Gasteiger partial charge in [0.15, 0.2) is 5.78 Å². The van der Waals surface area contributed by atoms with E-state index in [1.807, 2.05) is 24.3 Å². The van der Waals surface area contributed by atoms with E-state index in [0.29, 0.717) is 23.5 Å². The van der Waals surface area contributed by atoms with Gasteiger partial charge >= 0.3 is 5.97 Å². The van der Waals surface area contributed by atoms with Gasteiger partial charge in [-0.1, -0.05) is 24.3 Å². The maximum absolute atomic E-state index is 12.4. The summed E-state index contributed by atoms with van der Waals surface area (Å²) in [4.78, 5) is 23.8. The first kappa shape index (κ1) is 13.6. The molecule has 0 saturated carbocycles. The van der Waals surface area contributed by atoms with Crippen LogP contribution in [-0.2, 0) is 11.2 Å². The zero-order valence-electron chi connectivity index (χ0n) is 12.1. The number of carbonyl (C=O) groups excluding carboxylic acids is 2. The lowest BCUT2D eigenvalue weighted by molar-refractivity contribution is -0.131. The van der Waals surface area contributed by atoms with Gasteiger partial charge in [0.1, 0.15) is 11.5 Å². The fourth-order valence-electron chi connectivity index (χ4n) is 2.99. The van der Waals surface area contributed by atoms with Crippen molar-refractivity contribution in [3.05, 3.63) is 35.4 Å². The zero-order valence-corrected chi connectivity index (χ0v) is 12.1. The van der Waals surface area contributed by atoms with Gasteiger partial charge in [0.25, 0.3) is 0 Å². The van der Waals surface area contributed by atoms with Crippen molar-refractivity contribution in [3.63, 3.8) is 0 Å². The molecule has 0 radical (unpaired) electrons. The largest absolute Gasteiger partial charge is 0.496 e. The summed E-state index contributed by atoms with van der Waals surface area (Å²) in [6, 6.07) is 7.52. The van der Waals surface area contributed by atoms with Crippen LogP contribution in [0.4, 0.5) is 0 Å². The Balaban J connectivity index is 2.43. The van der Waals surface area contributed by atoms with Crippen molar-refractivity contribution in [2.45, 2.75) is 26.2 Å². The summed E-state index contributed by atoms with van der Waals surface area (Å²) in [5, 5.41) is 1.60. The smallest absolute Gasteiger partial charge is 0.308 e. The molecule has 3 rings (SSSR count). The maximum atomic E-state index is 12.4. The van der Waals surface area contributed by atoms with E-state index in [2.05, 4.69) is 0 Å². The Hall–Kier alpha value is -2.36. The van der Waals surface area contributed by atoms with Crippen LogP contribution in [0.2, 0.25) is 0 Å². The highest BCUT2D eigenvalue weighted by Gasteiger charge is 2.28. The topological polar surface area (TPSA) is 52.6 Å². The van der Waals surface area contributed by atoms with Crippen LogP contribution in [0.1, 0.15) is 35.7 Å². The number of hydrogen-bond acceptors (Lipinski definition) is 4. The molecule has 21 heavy (non-hydrogen) atoms. The molecule has 0 N–H and O–H groups in total. The van der Waals surface area contributed by atoms with Gasteiger partial charge in [0.05, 0.1) is 12.7 Å². The number of ketones is 1. The average molecular weight is 284 g/mol. The number of carbonyl (C=O) groups is 2. The van der Waals surface area contributed by atoms with Crippen molar-refractivity contribution in [2.24, 2.45) is 0 Å². The van der Waals surface area contributed by atoms with Crippen molar-refractivity contribution >= 4 is 22.5 Å². The second kappa shape index (κ2) is 5.20. The predicted molar refractivity (Wildman–Crippen MR) is 79.1 cm³/mol. The first-order valence-corrected chi connectivity index (χ1v) is 6.96. The highest BCUT2D eigenvalue weighted by Crippen LogP contribution is 2.43. The number of esters is 1. The lowest BCUT2D eigenvalue weighted by atomic mass is 9.86. The molecule has 0 heterocycles. The summed E-state index contributed by atoms with van der Waals surface area (Å²) in [5.74, 6) is 0.672. The molecule has 1 aliphatic carbocycles. The second-order valence-corrected chi connectivity index (χ2v) is 5.13. The lowest BCUT2D eigenvalue weighted by Gasteiger charge is -2.23. The van der Waals surface area contributed by atoms with E-state index in [9.17, 15) is 9.59 Å². The van der Waals surface area contributed by atoms with Gasteiger partial charge in [-0.15, -0.1) is 0 Å². The monoisotopic (exact) mass is 284 g/mol. The molecule has 1 aliphatic rings. The van der Waals surface area contributed by atoms with E-state index in [-0.39, 0.29) is 5.78 Å². The molecule has 0 atom stereocenters. The van der Waals surface area contributed by atoms with Crippen molar-refractivity contribution in [1.29, 1.82) is 0 Å². The third-order valence-electron chi connectivity index (χ3n) is 3.78. The van der Waals surface area contributed by atoms with Crippen LogP contribution in [0.3, 0.4) is 0 Å². The van der Waals surface area contributed by atoms with E-state index in [4.69, 9.17) is 9.47 Å². The molecule has 2 aromatic rings. The fraction of sp³-hybridized carbons (Fsp3) is 0.294. The van der Waals surface area contributed by atoms with Crippen molar-refractivity contribution in [2.75, 3.05) is 7.11 Å². The van der Waals surface area contributed by atoms with Gasteiger partial charge in [-0.3, -0.25) is 9.59 Å². The molecular formula is C17H16O4. The van der Waals surface area contributed by atoms with Gasteiger partial charge in [0.2, 0.25) is 0 Å². The van der Waals surface area contributed by atoms with Gasteiger partial charge in [-0.25, -0.2) is 0 Å². The van der Waals surface area contributed by atoms with Crippen LogP contribution in [0.5, 0.6) is 11.5 Å². The fourth-order valence-corrected chi connectivity index (χ4v) is 2.99.